The van der Waals surface area contributed by atoms with Crippen molar-refractivity contribution in [2.24, 2.45) is 5.92 Å². The smallest absolute Gasteiger partial charge is 0.416 e. The number of allylic oxidation sites excluding steroid dienone is 1. The van der Waals surface area contributed by atoms with E-state index >= 15 is 0 Å². The highest BCUT2D eigenvalue weighted by atomic mass is 32.2. The van der Waals surface area contributed by atoms with E-state index in [-0.39, 0.29) is 30.2 Å². The van der Waals surface area contributed by atoms with Crippen LogP contribution < -0.4 is 4.31 Å². The van der Waals surface area contributed by atoms with Crippen LogP contribution in [0.2, 0.25) is 0 Å². The molecule has 1 saturated carbocycles. The van der Waals surface area contributed by atoms with Crippen LogP contribution in [0.1, 0.15) is 42.6 Å². The molecule has 0 atom stereocenters. The first-order valence-electron chi connectivity index (χ1n) is 9.01. The lowest BCUT2D eigenvalue weighted by molar-refractivity contribution is -0.137. The maximum Gasteiger partial charge on any atom is 0.416 e. The van der Waals surface area contributed by atoms with Gasteiger partial charge in [0.05, 0.1) is 30.4 Å². The highest BCUT2D eigenvalue weighted by molar-refractivity contribution is 7.92. The molecule has 0 saturated heterocycles. The van der Waals surface area contributed by atoms with Crippen LogP contribution in [0.5, 0.6) is 0 Å². The maximum absolute atomic E-state index is 13.2. The molecule has 0 bridgehead atoms. The van der Waals surface area contributed by atoms with E-state index in [1.807, 2.05) is 0 Å². The van der Waals surface area contributed by atoms with Crippen LogP contribution in [0.15, 0.2) is 30.0 Å². The molecule has 0 N–H and O–H groups in total. The number of carbonyl (C=O) groups excluding carboxylic acids is 2. The average molecular weight is 433 g/mol. The summed E-state index contributed by atoms with van der Waals surface area (Å²) < 4.78 is 69.6. The van der Waals surface area contributed by atoms with Gasteiger partial charge in [-0.25, -0.2) is 8.42 Å². The lowest BCUT2D eigenvalue weighted by atomic mass is 9.96. The van der Waals surface area contributed by atoms with Gasteiger partial charge in [0, 0.05) is 18.0 Å². The lowest BCUT2D eigenvalue weighted by Gasteiger charge is -2.24. The van der Waals surface area contributed by atoms with Crippen LogP contribution in [-0.2, 0) is 25.7 Å². The number of ether oxygens (including phenoxy) is 1. The van der Waals surface area contributed by atoms with Gasteiger partial charge in [0.15, 0.2) is 5.78 Å². The highest BCUT2D eigenvalue weighted by Crippen LogP contribution is 2.37. The summed E-state index contributed by atoms with van der Waals surface area (Å²) in [4.78, 5) is 25.6. The van der Waals surface area contributed by atoms with Gasteiger partial charge in [0.25, 0.3) is 0 Å². The SMILES string of the molecule is CCO/C=C(\C(=O)c1ccc(C(F)(F)F)cc1N(CC)S(C)(=O)=O)C(=O)C1CC1. The van der Waals surface area contributed by atoms with Crippen molar-refractivity contribution in [3.63, 3.8) is 0 Å². The second kappa shape index (κ2) is 8.56. The first-order chi connectivity index (χ1) is 13.4. The predicted octanol–water partition coefficient (Wildman–Crippen LogP) is 3.57. The van der Waals surface area contributed by atoms with Crippen molar-refractivity contribution >= 4 is 27.3 Å². The Kier molecular flexibility index (Phi) is 6.77. The van der Waals surface area contributed by atoms with Gasteiger partial charge < -0.3 is 4.74 Å². The number of anilines is 1. The number of Topliss-reactive ketones (excluding diaryl/α,β-unsaturated/α-hetero) is 2. The van der Waals surface area contributed by atoms with E-state index in [1.165, 1.54) is 6.92 Å². The van der Waals surface area contributed by atoms with Gasteiger partial charge in [-0.1, -0.05) is 0 Å². The zero-order valence-electron chi connectivity index (χ0n) is 16.2. The summed E-state index contributed by atoms with van der Waals surface area (Å²) in [5.41, 5.74) is -2.15. The molecule has 29 heavy (non-hydrogen) atoms. The van der Waals surface area contributed by atoms with Crippen LogP contribution in [0.25, 0.3) is 0 Å². The fraction of sp³-hybridized carbons (Fsp3) is 0.474. The van der Waals surface area contributed by atoms with Gasteiger partial charge >= 0.3 is 6.18 Å². The highest BCUT2D eigenvalue weighted by Gasteiger charge is 2.38. The van der Waals surface area contributed by atoms with Gasteiger partial charge in [0.1, 0.15) is 5.57 Å². The van der Waals surface area contributed by atoms with Crippen molar-refractivity contribution in [3.8, 4) is 0 Å². The number of rotatable bonds is 9. The second-order valence-corrected chi connectivity index (χ2v) is 8.52. The largest absolute Gasteiger partial charge is 0.501 e. The molecule has 0 unspecified atom stereocenters. The number of hydrogen-bond acceptors (Lipinski definition) is 5. The van der Waals surface area contributed by atoms with E-state index in [0.717, 1.165) is 18.6 Å². The Labute approximate surface area is 167 Å². The predicted molar refractivity (Wildman–Crippen MR) is 101 cm³/mol. The maximum atomic E-state index is 13.2. The van der Waals surface area contributed by atoms with Crippen LogP contribution in [-0.4, -0.2) is 39.4 Å². The Morgan fingerprint density at radius 3 is 2.31 bits per heavy atom. The molecule has 6 nitrogen and oxygen atoms in total. The molecule has 0 aliphatic heterocycles. The molecule has 1 aromatic carbocycles. The molecular formula is C19H22F3NO5S. The molecule has 0 aromatic heterocycles. The van der Waals surface area contributed by atoms with Crippen LogP contribution >= 0.6 is 0 Å². The Balaban J connectivity index is 2.65. The fourth-order valence-electron chi connectivity index (χ4n) is 2.79. The van der Waals surface area contributed by atoms with Crippen molar-refractivity contribution in [2.75, 3.05) is 23.7 Å². The number of sulfonamides is 1. The molecular weight excluding hydrogens is 411 g/mol. The van der Waals surface area contributed by atoms with E-state index in [4.69, 9.17) is 4.74 Å². The summed E-state index contributed by atoms with van der Waals surface area (Å²) in [7, 11) is -3.98. The van der Waals surface area contributed by atoms with Crippen LogP contribution in [0, 0.1) is 5.92 Å². The summed E-state index contributed by atoms with van der Waals surface area (Å²) >= 11 is 0. The molecule has 0 spiro atoms. The van der Waals surface area contributed by atoms with E-state index in [0.29, 0.717) is 29.3 Å². The standard InChI is InChI=1S/C19H22F3NO5S/c1-4-23(29(3,26)27)16-10-13(19(20,21)22)8-9-14(16)18(25)15(11-28-5-2)17(24)12-6-7-12/h8-12H,4-7H2,1-3H3/b15-11-. The second-order valence-electron chi connectivity index (χ2n) is 6.61. The van der Waals surface area contributed by atoms with E-state index in [9.17, 15) is 31.2 Å². The summed E-state index contributed by atoms with van der Waals surface area (Å²) in [5, 5.41) is 0. The zero-order valence-corrected chi connectivity index (χ0v) is 17.1. The number of carbonyl (C=O) groups is 2. The first kappa shape index (κ1) is 22.9. The third-order valence-corrected chi connectivity index (χ3v) is 5.61. The molecule has 2 rings (SSSR count). The van der Waals surface area contributed by atoms with Crippen molar-refractivity contribution in [1.29, 1.82) is 0 Å². The summed E-state index contributed by atoms with van der Waals surface area (Å²) in [5.74, 6) is -1.67. The normalized spacial score (nSPS) is 15.2. The molecule has 1 aliphatic carbocycles. The molecule has 0 radical (unpaired) electrons. The van der Waals surface area contributed by atoms with Gasteiger partial charge in [-0.2, -0.15) is 13.2 Å². The molecule has 160 valence electrons. The molecule has 0 amide bonds. The fourth-order valence-corrected chi connectivity index (χ4v) is 3.77. The first-order valence-corrected chi connectivity index (χ1v) is 10.9. The number of halogens is 3. The quantitative estimate of drug-likeness (QED) is 0.196. The van der Waals surface area contributed by atoms with Crippen molar-refractivity contribution in [2.45, 2.75) is 32.9 Å². The summed E-state index contributed by atoms with van der Waals surface area (Å²) in [6.45, 7) is 3.06. The minimum Gasteiger partial charge on any atom is -0.501 e. The summed E-state index contributed by atoms with van der Waals surface area (Å²) in [6, 6.07) is 2.19. The van der Waals surface area contributed by atoms with Crippen molar-refractivity contribution in [3.05, 3.63) is 41.2 Å². The minimum absolute atomic E-state index is 0.180. The average Bonchev–Trinajstić information content (AvgIpc) is 3.45. The van der Waals surface area contributed by atoms with E-state index in [1.54, 1.807) is 6.92 Å². The van der Waals surface area contributed by atoms with Crippen molar-refractivity contribution in [1.82, 2.24) is 0 Å². The topological polar surface area (TPSA) is 80.8 Å². The van der Waals surface area contributed by atoms with Crippen LogP contribution in [0.4, 0.5) is 18.9 Å². The number of nitrogens with zero attached hydrogens (tertiary/aromatic N) is 1. The number of hydrogen-bond donors (Lipinski definition) is 0. The van der Waals surface area contributed by atoms with Gasteiger partial charge in [-0.15, -0.1) is 0 Å². The molecule has 1 aromatic rings. The Hall–Kier alpha value is -2.36. The minimum atomic E-state index is -4.74. The number of benzene rings is 1. The Bertz CT molecular complexity index is 934. The molecule has 0 heterocycles. The summed E-state index contributed by atoms with van der Waals surface area (Å²) in [6.07, 6.45) is -1.68. The third kappa shape index (κ3) is 5.37. The molecule has 10 heteroatoms. The van der Waals surface area contributed by atoms with Gasteiger partial charge in [-0.05, 0) is 44.9 Å². The zero-order chi connectivity index (χ0) is 22.0. The monoisotopic (exact) mass is 433 g/mol. The van der Waals surface area contributed by atoms with Crippen LogP contribution in [0.3, 0.4) is 0 Å². The Morgan fingerprint density at radius 1 is 1.24 bits per heavy atom. The third-order valence-electron chi connectivity index (χ3n) is 4.35. The Morgan fingerprint density at radius 2 is 1.86 bits per heavy atom. The number of alkyl halides is 3. The van der Waals surface area contributed by atoms with Gasteiger partial charge in [-0.3, -0.25) is 13.9 Å². The molecule has 1 aliphatic rings. The lowest BCUT2D eigenvalue weighted by Crippen LogP contribution is -2.32. The van der Waals surface area contributed by atoms with E-state index < -0.39 is 39.0 Å². The van der Waals surface area contributed by atoms with E-state index in [2.05, 4.69) is 0 Å². The van der Waals surface area contributed by atoms with Crippen molar-refractivity contribution < 1.29 is 35.9 Å². The van der Waals surface area contributed by atoms with Gasteiger partial charge in [0.2, 0.25) is 15.8 Å². The molecule has 1 fully saturated rings. The number of ketones is 2.